The third-order valence-electron chi connectivity index (χ3n) is 1.99. The molecule has 0 aliphatic heterocycles. The van der Waals surface area contributed by atoms with E-state index < -0.39 is 5.97 Å². The molecule has 0 fully saturated rings. The van der Waals surface area contributed by atoms with Crippen LogP contribution in [0.5, 0.6) is 17.2 Å². The molecule has 0 saturated carbocycles. The molecule has 0 radical (unpaired) electrons. The second-order valence-electron chi connectivity index (χ2n) is 2.79. The molecule has 0 spiro atoms. The van der Waals surface area contributed by atoms with Crippen LogP contribution in [-0.2, 0) is 0 Å². The zero-order valence-electron chi connectivity index (χ0n) is 10.00. The zero-order valence-corrected chi connectivity index (χ0v) is 13.6. The molecule has 0 aliphatic carbocycles. The largest absolute Gasteiger partial charge is 1.00 e. The van der Waals surface area contributed by atoms with Crippen molar-refractivity contribution in [1.29, 1.82) is 0 Å². The van der Waals surface area contributed by atoms with E-state index in [4.69, 9.17) is 14.2 Å². The summed E-state index contributed by atoms with van der Waals surface area (Å²) in [5.41, 5.74) is -0.0606. The third kappa shape index (κ3) is 3.28. The van der Waals surface area contributed by atoms with E-state index in [1.165, 1.54) is 27.4 Å². The van der Waals surface area contributed by atoms with Gasteiger partial charge in [0.05, 0.1) is 31.8 Å². The first-order chi connectivity index (χ1) is 7.56. The number of methoxy groups -OCH3 is 3. The Bertz CT molecular complexity index is 422. The predicted octanol–water partition coefficient (Wildman–Crippen LogP) is -2.16. The van der Waals surface area contributed by atoms with Crippen LogP contribution in [0.4, 0.5) is 0 Å². The molecule has 5 nitrogen and oxygen atoms in total. The molecular formula is C10H10BrNaO5. The first-order valence-corrected chi connectivity index (χ1v) is 5.05. The minimum atomic E-state index is -1.33. The van der Waals surface area contributed by atoms with Gasteiger partial charge in [-0.2, -0.15) is 0 Å². The van der Waals surface area contributed by atoms with Crippen LogP contribution in [0, 0.1) is 0 Å². The number of carboxylic acids is 1. The zero-order chi connectivity index (χ0) is 12.3. The van der Waals surface area contributed by atoms with E-state index >= 15 is 0 Å². The smallest absolute Gasteiger partial charge is 0.545 e. The van der Waals surface area contributed by atoms with Crippen molar-refractivity contribution in [3.63, 3.8) is 0 Å². The average molecular weight is 313 g/mol. The molecule has 0 unspecified atom stereocenters. The van der Waals surface area contributed by atoms with Crippen molar-refractivity contribution in [2.75, 3.05) is 21.3 Å². The van der Waals surface area contributed by atoms with Crippen molar-refractivity contribution in [2.24, 2.45) is 0 Å². The van der Waals surface area contributed by atoms with Crippen LogP contribution >= 0.6 is 15.9 Å². The monoisotopic (exact) mass is 312 g/mol. The van der Waals surface area contributed by atoms with Gasteiger partial charge in [0.1, 0.15) is 0 Å². The molecule has 0 N–H and O–H groups in total. The fraction of sp³-hybridized carbons (Fsp3) is 0.300. The van der Waals surface area contributed by atoms with Gasteiger partial charge in [0, 0.05) is 5.56 Å². The summed E-state index contributed by atoms with van der Waals surface area (Å²) in [4.78, 5) is 10.9. The van der Waals surface area contributed by atoms with Crippen LogP contribution in [-0.4, -0.2) is 27.3 Å². The second-order valence-corrected chi connectivity index (χ2v) is 3.59. The van der Waals surface area contributed by atoms with E-state index in [9.17, 15) is 9.90 Å². The van der Waals surface area contributed by atoms with E-state index in [0.717, 1.165) is 0 Å². The predicted molar refractivity (Wildman–Crippen MR) is 58.1 cm³/mol. The number of carbonyl (C=O) groups is 1. The van der Waals surface area contributed by atoms with Gasteiger partial charge in [-0.3, -0.25) is 0 Å². The SMILES string of the molecule is COc1cc(C(=O)[O-])c(Br)c(OC)c1OC.[Na+]. The van der Waals surface area contributed by atoms with Gasteiger partial charge in [-0.05, 0) is 22.0 Å². The van der Waals surface area contributed by atoms with Crippen molar-refractivity contribution < 1.29 is 53.7 Å². The van der Waals surface area contributed by atoms with Crippen LogP contribution in [0.1, 0.15) is 10.4 Å². The molecule has 1 aromatic carbocycles. The summed E-state index contributed by atoms with van der Waals surface area (Å²) < 4.78 is 15.4. The Kier molecular flexibility index (Phi) is 6.92. The maximum atomic E-state index is 10.9. The van der Waals surface area contributed by atoms with Gasteiger partial charge in [0.15, 0.2) is 11.5 Å². The van der Waals surface area contributed by atoms with Crippen LogP contribution in [0.3, 0.4) is 0 Å². The Balaban J connectivity index is 0.00000256. The Labute approximate surface area is 129 Å². The summed E-state index contributed by atoms with van der Waals surface area (Å²) in [5, 5.41) is 10.9. The molecule has 1 rings (SSSR count). The van der Waals surface area contributed by atoms with Gasteiger partial charge < -0.3 is 24.1 Å². The van der Waals surface area contributed by atoms with Crippen LogP contribution in [0.25, 0.3) is 0 Å². The molecule has 17 heavy (non-hydrogen) atoms. The first kappa shape index (κ1) is 16.6. The quantitative estimate of drug-likeness (QED) is 0.593. The molecule has 7 heteroatoms. The Morgan fingerprint density at radius 3 is 2.06 bits per heavy atom. The molecular weight excluding hydrogens is 303 g/mol. The van der Waals surface area contributed by atoms with Gasteiger partial charge in [-0.1, -0.05) is 0 Å². The summed E-state index contributed by atoms with van der Waals surface area (Å²) in [5.74, 6) is -0.490. The molecule has 0 heterocycles. The van der Waals surface area contributed by atoms with Crippen LogP contribution in [0.15, 0.2) is 10.5 Å². The number of hydrogen-bond acceptors (Lipinski definition) is 5. The van der Waals surface area contributed by atoms with Crippen LogP contribution in [0.2, 0.25) is 0 Å². The van der Waals surface area contributed by atoms with E-state index in [1.807, 2.05) is 0 Å². The number of carboxylic acid groups (broad SMARTS) is 1. The van der Waals surface area contributed by atoms with Crippen molar-refractivity contribution in [2.45, 2.75) is 0 Å². The maximum absolute atomic E-state index is 10.9. The first-order valence-electron chi connectivity index (χ1n) is 4.26. The molecule has 0 saturated heterocycles. The minimum absolute atomic E-state index is 0. The second kappa shape index (κ2) is 7.10. The fourth-order valence-corrected chi connectivity index (χ4v) is 1.89. The minimum Gasteiger partial charge on any atom is -0.545 e. The van der Waals surface area contributed by atoms with E-state index in [2.05, 4.69) is 15.9 Å². The maximum Gasteiger partial charge on any atom is 1.00 e. The molecule has 1 aromatic rings. The molecule has 0 bridgehead atoms. The number of carbonyl (C=O) groups excluding carboxylic acids is 1. The number of aromatic carboxylic acids is 1. The van der Waals surface area contributed by atoms with Crippen LogP contribution < -0.4 is 48.9 Å². The molecule has 0 amide bonds. The standard InChI is InChI=1S/C10H11BrO5.Na/c1-14-6-4-5(10(12)13)7(11)9(16-3)8(6)15-2;/h4H,1-3H3,(H,12,13);/q;+1/p-1. The van der Waals surface area contributed by atoms with E-state index in [0.29, 0.717) is 5.75 Å². The van der Waals surface area contributed by atoms with Crippen molar-refractivity contribution in [1.82, 2.24) is 0 Å². The number of rotatable bonds is 4. The van der Waals surface area contributed by atoms with Gasteiger partial charge in [-0.15, -0.1) is 0 Å². The molecule has 88 valence electrons. The van der Waals surface area contributed by atoms with E-state index in [-0.39, 0.29) is 51.1 Å². The Morgan fingerprint density at radius 2 is 1.71 bits per heavy atom. The molecule has 0 aromatic heterocycles. The molecule has 0 atom stereocenters. The number of halogens is 1. The Morgan fingerprint density at radius 1 is 1.18 bits per heavy atom. The summed E-state index contributed by atoms with van der Waals surface area (Å²) >= 11 is 3.12. The third-order valence-corrected chi connectivity index (χ3v) is 2.78. The normalized spacial score (nSPS) is 9.18. The summed E-state index contributed by atoms with van der Waals surface area (Å²) in [6.07, 6.45) is 0. The average Bonchev–Trinajstić information content (AvgIpc) is 2.27. The topological polar surface area (TPSA) is 67.8 Å². The number of ether oxygens (including phenoxy) is 3. The van der Waals surface area contributed by atoms with Crippen molar-refractivity contribution in [3.8, 4) is 17.2 Å². The Hall–Kier alpha value is -0.430. The van der Waals surface area contributed by atoms with Gasteiger partial charge in [0.2, 0.25) is 5.75 Å². The van der Waals surface area contributed by atoms with Gasteiger partial charge in [-0.25, -0.2) is 0 Å². The summed E-state index contributed by atoms with van der Waals surface area (Å²) in [6.45, 7) is 0. The molecule has 0 aliphatic rings. The van der Waals surface area contributed by atoms with Gasteiger partial charge >= 0.3 is 29.6 Å². The number of benzene rings is 1. The fourth-order valence-electron chi connectivity index (χ4n) is 1.27. The number of hydrogen-bond donors (Lipinski definition) is 0. The summed E-state index contributed by atoms with van der Waals surface area (Å²) in [6, 6.07) is 1.31. The van der Waals surface area contributed by atoms with Crippen molar-refractivity contribution >= 4 is 21.9 Å². The van der Waals surface area contributed by atoms with Gasteiger partial charge in [0.25, 0.3) is 0 Å². The van der Waals surface area contributed by atoms with E-state index in [1.54, 1.807) is 0 Å². The van der Waals surface area contributed by atoms with Crippen molar-refractivity contribution in [3.05, 3.63) is 16.1 Å². The summed E-state index contributed by atoms with van der Waals surface area (Å²) in [7, 11) is 4.25.